The largest absolute Gasteiger partial charge is 0.484 e. The van der Waals surface area contributed by atoms with Crippen LogP contribution in [0.5, 0.6) is 5.75 Å². The Morgan fingerprint density at radius 3 is 2.56 bits per heavy atom. The second-order valence-electron chi connectivity index (χ2n) is 7.58. The number of nitrogens with zero attached hydrogens (tertiary/aromatic N) is 2. The molecule has 32 heavy (non-hydrogen) atoms. The summed E-state index contributed by atoms with van der Waals surface area (Å²) in [5, 5.41) is 5.29. The minimum Gasteiger partial charge on any atom is -0.484 e. The van der Waals surface area contributed by atoms with E-state index < -0.39 is 0 Å². The van der Waals surface area contributed by atoms with Crippen molar-refractivity contribution in [2.45, 2.75) is 6.92 Å². The van der Waals surface area contributed by atoms with Crippen LogP contribution in [0.1, 0.15) is 15.2 Å². The number of benzene rings is 2. The Labute approximate surface area is 196 Å². The number of amides is 2. The number of carbonyl (C=O) groups is 2. The van der Waals surface area contributed by atoms with Crippen LogP contribution >= 0.6 is 22.9 Å². The third kappa shape index (κ3) is 5.41. The molecule has 4 rings (SSSR count). The van der Waals surface area contributed by atoms with E-state index in [9.17, 15) is 9.59 Å². The van der Waals surface area contributed by atoms with E-state index in [1.54, 1.807) is 6.07 Å². The van der Waals surface area contributed by atoms with Gasteiger partial charge in [0.1, 0.15) is 5.75 Å². The highest BCUT2D eigenvalue weighted by Crippen LogP contribution is 2.30. The summed E-state index contributed by atoms with van der Waals surface area (Å²) in [6, 6.07) is 16.8. The topological polar surface area (TPSA) is 61.9 Å². The molecule has 0 bridgehead atoms. The van der Waals surface area contributed by atoms with Crippen LogP contribution in [0.15, 0.2) is 60.0 Å². The molecule has 8 heteroatoms. The standard InChI is InChI=1S/C24H24ClN3O3S/c1-17-4-2-5-19(14-17)31-16-23(29)26-18-7-8-21(20(25)15-18)27-9-11-28(12-10-27)24(30)22-6-3-13-32-22/h2-8,13-15H,9-12,16H2,1H3,(H,26,29). The number of ether oxygens (including phenoxy) is 1. The molecule has 0 unspecified atom stereocenters. The molecule has 0 radical (unpaired) electrons. The van der Waals surface area contributed by atoms with Crippen molar-refractivity contribution in [3.05, 3.63) is 75.4 Å². The van der Waals surface area contributed by atoms with Gasteiger partial charge < -0.3 is 19.9 Å². The van der Waals surface area contributed by atoms with E-state index in [1.165, 1.54) is 11.3 Å². The van der Waals surface area contributed by atoms with Gasteiger partial charge in [0, 0.05) is 31.9 Å². The molecule has 1 aromatic heterocycles. The number of anilines is 2. The van der Waals surface area contributed by atoms with Gasteiger partial charge in [-0.25, -0.2) is 0 Å². The molecule has 166 valence electrons. The number of halogens is 1. The highest BCUT2D eigenvalue weighted by molar-refractivity contribution is 7.12. The highest BCUT2D eigenvalue weighted by Gasteiger charge is 2.24. The van der Waals surface area contributed by atoms with Gasteiger partial charge in [-0.3, -0.25) is 9.59 Å². The second kappa shape index (κ2) is 10.1. The van der Waals surface area contributed by atoms with Gasteiger partial charge in [-0.2, -0.15) is 0 Å². The lowest BCUT2D eigenvalue weighted by Crippen LogP contribution is -2.48. The summed E-state index contributed by atoms with van der Waals surface area (Å²) in [7, 11) is 0. The van der Waals surface area contributed by atoms with Crippen molar-refractivity contribution < 1.29 is 14.3 Å². The number of hydrogen-bond donors (Lipinski definition) is 1. The summed E-state index contributed by atoms with van der Waals surface area (Å²) in [4.78, 5) is 29.6. The molecule has 0 saturated carbocycles. The molecular formula is C24H24ClN3O3S. The first-order valence-corrected chi connectivity index (χ1v) is 11.6. The van der Waals surface area contributed by atoms with Crippen LogP contribution < -0.4 is 15.0 Å². The summed E-state index contributed by atoms with van der Waals surface area (Å²) in [5.74, 6) is 0.484. The lowest BCUT2D eigenvalue weighted by Gasteiger charge is -2.36. The Hall–Kier alpha value is -3.03. The molecule has 1 N–H and O–H groups in total. The summed E-state index contributed by atoms with van der Waals surface area (Å²) < 4.78 is 5.54. The molecule has 1 fully saturated rings. The first-order chi connectivity index (χ1) is 15.5. The van der Waals surface area contributed by atoms with Gasteiger partial charge in [-0.1, -0.05) is 29.8 Å². The van der Waals surface area contributed by atoms with Crippen molar-refractivity contribution in [2.75, 3.05) is 43.0 Å². The fourth-order valence-electron chi connectivity index (χ4n) is 3.60. The van der Waals surface area contributed by atoms with Gasteiger partial charge in [0.2, 0.25) is 0 Å². The van der Waals surface area contributed by atoms with Crippen molar-refractivity contribution in [1.82, 2.24) is 4.90 Å². The van der Waals surface area contributed by atoms with Crippen LogP contribution in [0, 0.1) is 6.92 Å². The number of piperazine rings is 1. The molecule has 0 atom stereocenters. The van der Waals surface area contributed by atoms with Crippen molar-refractivity contribution in [2.24, 2.45) is 0 Å². The minimum absolute atomic E-state index is 0.0803. The van der Waals surface area contributed by atoms with Crippen LogP contribution in [0.25, 0.3) is 0 Å². The van der Waals surface area contributed by atoms with Gasteiger partial charge in [0.15, 0.2) is 6.61 Å². The SMILES string of the molecule is Cc1cccc(OCC(=O)Nc2ccc(N3CCN(C(=O)c4cccs4)CC3)c(Cl)c2)c1. The molecule has 1 aliphatic heterocycles. The molecule has 0 spiro atoms. The first kappa shape index (κ1) is 22.2. The maximum absolute atomic E-state index is 12.5. The van der Waals surface area contributed by atoms with Crippen molar-refractivity contribution in [3.8, 4) is 5.75 Å². The molecule has 2 aromatic carbocycles. The van der Waals surface area contributed by atoms with Crippen LogP contribution in [0.2, 0.25) is 5.02 Å². The predicted molar refractivity (Wildman–Crippen MR) is 129 cm³/mol. The molecule has 6 nitrogen and oxygen atoms in total. The van der Waals surface area contributed by atoms with E-state index in [-0.39, 0.29) is 18.4 Å². The van der Waals surface area contributed by atoms with E-state index in [0.29, 0.717) is 42.6 Å². The molecule has 2 amide bonds. The Balaban J connectivity index is 1.30. The third-order valence-corrected chi connectivity index (χ3v) is 6.39. The fraction of sp³-hybridized carbons (Fsp3) is 0.250. The zero-order valence-electron chi connectivity index (χ0n) is 17.7. The van der Waals surface area contributed by atoms with Crippen molar-refractivity contribution >= 4 is 46.1 Å². The van der Waals surface area contributed by atoms with Gasteiger partial charge in [-0.05, 0) is 54.3 Å². The number of rotatable bonds is 6. The minimum atomic E-state index is -0.254. The molecule has 0 aliphatic carbocycles. The van der Waals surface area contributed by atoms with E-state index >= 15 is 0 Å². The Morgan fingerprint density at radius 1 is 1.06 bits per heavy atom. The molecular weight excluding hydrogens is 446 g/mol. The second-order valence-corrected chi connectivity index (χ2v) is 8.93. The Bertz CT molecular complexity index is 1100. The van der Waals surface area contributed by atoms with E-state index in [2.05, 4.69) is 10.2 Å². The summed E-state index contributed by atoms with van der Waals surface area (Å²) >= 11 is 7.98. The number of carbonyl (C=O) groups excluding carboxylic acids is 2. The summed E-state index contributed by atoms with van der Waals surface area (Å²) in [6.45, 7) is 4.57. The monoisotopic (exact) mass is 469 g/mol. The van der Waals surface area contributed by atoms with Gasteiger partial charge >= 0.3 is 0 Å². The summed E-state index contributed by atoms with van der Waals surface area (Å²) in [5.41, 5.74) is 2.58. The zero-order valence-corrected chi connectivity index (χ0v) is 19.3. The van der Waals surface area contributed by atoms with Gasteiger partial charge in [0.05, 0.1) is 15.6 Å². The average Bonchev–Trinajstić information content (AvgIpc) is 3.33. The Morgan fingerprint density at radius 2 is 1.88 bits per heavy atom. The molecule has 2 heterocycles. The van der Waals surface area contributed by atoms with Crippen LogP contribution in [-0.2, 0) is 4.79 Å². The number of hydrogen-bond acceptors (Lipinski definition) is 5. The van der Waals surface area contributed by atoms with Crippen molar-refractivity contribution in [3.63, 3.8) is 0 Å². The number of nitrogens with one attached hydrogen (secondary N) is 1. The van der Waals surface area contributed by atoms with E-state index in [1.807, 2.05) is 65.7 Å². The van der Waals surface area contributed by atoms with Crippen LogP contribution in [-0.4, -0.2) is 49.5 Å². The zero-order chi connectivity index (χ0) is 22.5. The maximum Gasteiger partial charge on any atom is 0.264 e. The van der Waals surface area contributed by atoms with Gasteiger partial charge in [-0.15, -0.1) is 11.3 Å². The quantitative estimate of drug-likeness (QED) is 0.569. The lowest BCUT2D eigenvalue weighted by atomic mass is 10.2. The first-order valence-electron chi connectivity index (χ1n) is 10.4. The van der Waals surface area contributed by atoms with Crippen LogP contribution in [0.3, 0.4) is 0 Å². The summed E-state index contributed by atoms with van der Waals surface area (Å²) in [6.07, 6.45) is 0. The van der Waals surface area contributed by atoms with Gasteiger partial charge in [0.25, 0.3) is 11.8 Å². The molecule has 1 aliphatic rings. The molecule has 1 saturated heterocycles. The third-order valence-electron chi connectivity index (χ3n) is 5.23. The van der Waals surface area contributed by atoms with Crippen molar-refractivity contribution in [1.29, 1.82) is 0 Å². The van der Waals surface area contributed by atoms with Crippen LogP contribution in [0.4, 0.5) is 11.4 Å². The number of thiophene rings is 1. The van der Waals surface area contributed by atoms with E-state index in [0.717, 1.165) is 16.1 Å². The normalized spacial score (nSPS) is 13.7. The predicted octanol–water partition coefficient (Wildman–Crippen LogP) is 4.69. The average molecular weight is 470 g/mol. The lowest BCUT2D eigenvalue weighted by molar-refractivity contribution is -0.118. The highest BCUT2D eigenvalue weighted by atomic mass is 35.5. The molecule has 3 aromatic rings. The fourth-order valence-corrected chi connectivity index (χ4v) is 4.59. The van der Waals surface area contributed by atoms with E-state index in [4.69, 9.17) is 16.3 Å². The number of aryl methyl sites for hydroxylation is 1. The smallest absolute Gasteiger partial charge is 0.264 e. The maximum atomic E-state index is 12.5. The Kier molecular flexibility index (Phi) is 6.97.